The highest BCUT2D eigenvalue weighted by Crippen LogP contribution is 2.26. The molecule has 0 spiro atoms. The van der Waals surface area contributed by atoms with Crippen molar-refractivity contribution in [2.24, 2.45) is 7.05 Å². The molecule has 0 unspecified atom stereocenters. The van der Waals surface area contributed by atoms with E-state index in [4.69, 9.17) is 11.6 Å². The molecule has 0 atom stereocenters. The molecule has 4 rings (SSSR count). The second kappa shape index (κ2) is 4.23. The first-order chi connectivity index (χ1) is 10.1. The van der Waals surface area contributed by atoms with Gasteiger partial charge in [-0.05, 0) is 18.2 Å². The molecule has 0 radical (unpaired) electrons. The van der Waals surface area contributed by atoms with Crippen molar-refractivity contribution < 1.29 is 0 Å². The van der Waals surface area contributed by atoms with Crippen LogP contribution < -0.4 is 5.56 Å². The van der Waals surface area contributed by atoms with Crippen LogP contribution in [0.3, 0.4) is 0 Å². The zero-order valence-electron chi connectivity index (χ0n) is 11.1. The van der Waals surface area contributed by atoms with Crippen molar-refractivity contribution in [3.8, 4) is 11.4 Å². The molecule has 0 aliphatic heterocycles. The lowest BCUT2D eigenvalue weighted by atomic mass is 10.2. The first kappa shape index (κ1) is 12.2. The second-order valence-electron chi connectivity index (χ2n) is 5.04. The van der Waals surface area contributed by atoms with Crippen LogP contribution in [-0.2, 0) is 7.05 Å². The van der Waals surface area contributed by atoms with E-state index >= 15 is 0 Å². The van der Waals surface area contributed by atoms with Crippen LogP contribution in [0.15, 0.2) is 41.6 Å². The maximum Gasteiger partial charge on any atom is 0.260 e. The van der Waals surface area contributed by atoms with Crippen molar-refractivity contribution in [2.75, 3.05) is 0 Å². The highest BCUT2D eigenvalue weighted by atomic mass is 35.5. The van der Waals surface area contributed by atoms with Crippen molar-refractivity contribution in [3.63, 3.8) is 0 Å². The monoisotopic (exact) mass is 298 g/mol. The molecule has 1 aromatic carbocycles. The van der Waals surface area contributed by atoms with Gasteiger partial charge in [0.25, 0.3) is 5.56 Å². The molecule has 0 saturated heterocycles. The Balaban J connectivity index is 2.01. The molecule has 3 aromatic heterocycles. The predicted octanol–water partition coefficient (Wildman–Crippen LogP) is 3.06. The third-order valence-corrected chi connectivity index (χ3v) is 3.83. The van der Waals surface area contributed by atoms with Crippen molar-refractivity contribution in [2.45, 2.75) is 0 Å². The van der Waals surface area contributed by atoms with Crippen molar-refractivity contribution >= 4 is 33.4 Å². The first-order valence-corrected chi connectivity index (χ1v) is 6.82. The summed E-state index contributed by atoms with van der Waals surface area (Å²) in [6.45, 7) is 0. The number of rotatable bonds is 1. The molecule has 4 aromatic rings. The van der Waals surface area contributed by atoms with Crippen LogP contribution in [0.25, 0.3) is 33.2 Å². The van der Waals surface area contributed by atoms with Gasteiger partial charge in [-0.3, -0.25) is 4.79 Å². The lowest BCUT2D eigenvalue weighted by Gasteiger charge is -1.97. The Morgan fingerprint density at radius 1 is 1.24 bits per heavy atom. The molecular formula is C15H11ClN4O. The number of aryl methyl sites for hydroxylation is 1. The molecule has 3 heterocycles. The highest BCUT2D eigenvalue weighted by molar-refractivity contribution is 6.33. The molecule has 0 aliphatic carbocycles. The average Bonchev–Trinajstić information content (AvgIpc) is 2.96. The summed E-state index contributed by atoms with van der Waals surface area (Å²) in [4.78, 5) is 22.2. The minimum atomic E-state index is -0.257. The minimum Gasteiger partial charge on any atom is -0.356 e. The van der Waals surface area contributed by atoms with Gasteiger partial charge in [-0.15, -0.1) is 0 Å². The van der Waals surface area contributed by atoms with E-state index in [1.165, 1.54) is 6.20 Å². The Kier molecular flexibility index (Phi) is 2.46. The molecule has 21 heavy (non-hydrogen) atoms. The quantitative estimate of drug-likeness (QED) is 0.567. The largest absolute Gasteiger partial charge is 0.356 e. The van der Waals surface area contributed by atoms with Gasteiger partial charge in [-0.1, -0.05) is 11.6 Å². The summed E-state index contributed by atoms with van der Waals surface area (Å²) in [5.41, 5.74) is 1.79. The van der Waals surface area contributed by atoms with Crippen LogP contribution in [0.5, 0.6) is 0 Å². The van der Waals surface area contributed by atoms with Gasteiger partial charge in [0, 0.05) is 36.4 Å². The van der Waals surface area contributed by atoms with Crippen LogP contribution in [-0.4, -0.2) is 19.5 Å². The molecule has 6 heteroatoms. The van der Waals surface area contributed by atoms with E-state index in [9.17, 15) is 4.79 Å². The van der Waals surface area contributed by atoms with Crippen LogP contribution >= 0.6 is 11.6 Å². The summed E-state index contributed by atoms with van der Waals surface area (Å²) in [7, 11) is 1.98. The summed E-state index contributed by atoms with van der Waals surface area (Å²) in [6, 6.07) is 5.66. The van der Waals surface area contributed by atoms with Gasteiger partial charge in [0.15, 0.2) is 0 Å². The number of fused-ring (bicyclic) bond motifs is 2. The number of H-pyrrole nitrogens is 2. The Bertz CT molecular complexity index is 990. The molecule has 0 bridgehead atoms. The lowest BCUT2D eigenvalue weighted by molar-refractivity contribution is 0.933. The zero-order valence-corrected chi connectivity index (χ0v) is 11.9. The van der Waals surface area contributed by atoms with E-state index in [1.807, 2.05) is 36.1 Å². The molecule has 104 valence electrons. The summed E-state index contributed by atoms with van der Waals surface area (Å²) in [5.74, 6) is 0.480. The van der Waals surface area contributed by atoms with Gasteiger partial charge < -0.3 is 14.5 Å². The zero-order chi connectivity index (χ0) is 14.6. The summed E-state index contributed by atoms with van der Waals surface area (Å²) in [5, 5.41) is 2.60. The number of halogens is 1. The molecule has 0 aliphatic rings. The Labute approximate surface area is 124 Å². The number of aromatic nitrogens is 4. The predicted molar refractivity (Wildman–Crippen MR) is 83.6 cm³/mol. The maximum absolute atomic E-state index is 11.9. The van der Waals surface area contributed by atoms with E-state index in [0.717, 1.165) is 21.8 Å². The molecule has 0 saturated carbocycles. The van der Waals surface area contributed by atoms with E-state index in [1.54, 1.807) is 6.07 Å². The van der Waals surface area contributed by atoms with E-state index in [0.29, 0.717) is 16.4 Å². The normalized spacial score (nSPS) is 11.5. The van der Waals surface area contributed by atoms with Gasteiger partial charge in [-0.25, -0.2) is 4.98 Å². The summed E-state index contributed by atoms with van der Waals surface area (Å²) >= 11 is 6.11. The fourth-order valence-corrected chi connectivity index (χ4v) is 2.82. The molecule has 0 fully saturated rings. The van der Waals surface area contributed by atoms with E-state index in [2.05, 4.69) is 15.0 Å². The van der Waals surface area contributed by atoms with Crippen LogP contribution in [0.4, 0.5) is 0 Å². The second-order valence-corrected chi connectivity index (χ2v) is 5.44. The molecular weight excluding hydrogens is 288 g/mol. The Morgan fingerprint density at radius 2 is 2.00 bits per heavy atom. The van der Waals surface area contributed by atoms with Crippen molar-refractivity contribution in [3.05, 3.63) is 52.2 Å². The fourth-order valence-electron chi connectivity index (χ4n) is 2.58. The Hall–Kier alpha value is -2.53. The fraction of sp³-hybridized carbons (Fsp3) is 0.0667. The first-order valence-electron chi connectivity index (χ1n) is 6.45. The minimum absolute atomic E-state index is 0.257. The van der Waals surface area contributed by atoms with Crippen LogP contribution in [0.1, 0.15) is 0 Å². The molecule has 5 nitrogen and oxygen atoms in total. The highest BCUT2D eigenvalue weighted by Gasteiger charge is 2.13. The van der Waals surface area contributed by atoms with Gasteiger partial charge in [0.1, 0.15) is 11.4 Å². The smallest absolute Gasteiger partial charge is 0.260 e. The van der Waals surface area contributed by atoms with Gasteiger partial charge in [0.05, 0.1) is 16.1 Å². The standard InChI is InChI=1S/C15H11ClN4O/c1-20-6-8-4-11-12(5-9(8)7-20)19-14(18-11)13-10(16)2-3-17-15(13)21/h2-7H,1H3,(H,17,21)(H,18,19). The third kappa shape index (κ3) is 1.86. The van der Waals surface area contributed by atoms with Crippen LogP contribution in [0.2, 0.25) is 5.02 Å². The van der Waals surface area contributed by atoms with Gasteiger partial charge in [-0.2, -0.15) is 0 Å². The van der Waals surface area contributed by atoms with E-state index < -0.39 is 0 Å². The SMILES string of the molecule is Cn1cc2cc3nc(-c4c(Cl)cc[nH]c4=O)[nH]c3cc2c1. The van der Waals surface area contributed by atoms with Gasteiger partial charge >= 0.3 is 0 Å². The third-order valence-electron chi connectivity index (χ3n) is 3.52. The topological polar surface area (TPSA) is 66.5 Å². The van der Waals surface area contributed by atoms with Crippen LogP contribution in [0, 0.1) is 0 Å². The maximum atomic E-state index is 11.9. The van der Waals surface area contributed by atoms with Gasteiger partial charge in [0.2, 0.25) is 0 Å². The summed E-state index contributed by atoms with van der Waals surface area (Å²) < 4.78 is 2.00. The number of nitrogens with one attached hydrogen (secondary N) is 2. The summed E-state index contributed by atoms with van der Waals surface area (Å²) in [6.07, 6.45) is 5.59. The number of pyridine rings is 1. The van der Waals surface area contributed by atoms with E-state index in [-0.39, 0.29) is 5.56 Å². The van der Waals surface area contributed by atoms with Crippen molar-refractivity contribution in [1.82, 2.24) is 19.5 Å². The molecule has 0 amide bonds. The number of aromatic amines is 2. The number of imidazole rings is 1. The number of benzene rings is 1. The van der Waals surface area contributed by atoms with Crippen molar-refractivity contribution in [1.29, 1.82) is 0 Å². The number of hydrogen-bond acceptors (Lipinski definition) is 2. The molecule has 2 N–H and O–H groups in total. The number of nitrogens with zero attached hydrogens (tertiary/aromatic N) is 2. The average molecular weight is 299 g/mol. The lowest BCUT2D eigenvalue weighted by Crippen LogP contribution is -2.08. The number of hydrogen-bond donors (Lipinski definition) is 2. The Morgan fingerprint density at radius 3 is 2.76 bits per heavy atom.